The number of fused-ring (bicyclic) bond motifs is 1. The van der Waals surface area contributed by atoms with E-state index in [2.05, 4.69) is 52.4 Å². The van der Waals surface area contributed by atoms with Gasteiger partial charge < -0.3 is 10.1 Å². The van der Waals surface area contributed by atoms with Crippen molar-refractivity contribution in [3.8, 4) is 0 Å². The topological polar surface area (TPSA) is 21.3 Å². The Morgan fingerprint density at radius 1 is 1.37 bits per heavy atom. The standard InChI is InChI=1S/C16H22BrNO/c1-16-10-15(14(17)9-13(16)7-8-18-16)19-11-12-5-3-2-4-6-12/h2-6,13-15,18H,7-11H2,1H3. The molecule has 0 amide bonds. The van der Waals surface area contributed by atoms with Crippen LogP contribution in [0.3, 0.4) is 0 Å². The maximum Gasteiger partial charge on any atom is 0.0722 e. The summed E-state index contributed by atoms with van der Waals surface area (Å²) in [5, 5.41) is 3.68. The van der Waals surface area contributed by atoms with Crippen molar-refractivity contribution in [2.24, 2.45) is 5.92 Å². The number of halogens is 1. The third kappa shape index (κ3) is 2.88. The molecule has 1 aromatic carbocycles. The predicted molar refractivity (Wildman–Crippen MR) is 81.5 cm³/mol. The van der Waals surface area contributed by atoms with Crippen LogP contribution in [0, 0.1) is 5.92 Å². The molecule has 0 aromatic heterocycles. The average molecular weight is 324 g/mol. The summed E-state index contributed by atoms with van der Waals surface area (Å²) < 4.78 is 6.17. The Hall–Kier alpha value is -0.380. The zero-order valence-corrected chi connectivity index (χ0v) is 13.0. The normalized spacial score (nSPS) is 38.1. The molecule has 0 bridgehead atoms. The van der Waals surface area contributed by atoms with Crippen LogP contribution in [0.5, 0.6) is 0 Å². The Morgan fingerprint density at radius 2 is 2.16 bits per heavy atom. The van der Waals surface area contributed by atoms with Crippen molar-refractivity contribution < 1.29 is 4.74 Å². The van der Waals surface area contributed by atoms with Crippen molar-refractivity contribution in [3.05, 3.63) is 35.9 Å². The van der Waals surface area contributed by atoms with Gasteiger partial charge in [-0.3, -0.25) is 0 Å². The molecule has 1 aliphatic carbocycles. The predicted octanol–water partition coefficient (Wildman–Crippen LogP) is 3.50. The average Bonchev–Trinajstić information content (AvgIpc) is 2.78. The summed E-state index contributed by atoms with van der Waals surface area (Å²) in [5.74, 6) is 0.799. The van der Waals surface area contributed by atoms with Crippen molar-refractivity contribution in [3.63, 3.8) is 0 Å². The van der Waals surface area contributed by atoms with Crippen LogP contribution in [-0.4, -0.2) is 23.0 Å². The van der Waals surface area contributed by atoms with Crippen LogP contribution in [0.15, 0.2) is 30.3 Å². The van der Waals surface area contributed by atoms with Crippen LogP contribution in [0.4, 0.5) is 0 Å². The van der Waals surface area contributed by atoms with Gasteiger partial charge in [-0.05, 0) is 44.2 Å². The van der Waals surface area contributed by atoms with Gasteiger partial charge in [-0.15, -0.1) is 0 Å². The number of ether oxygens (including phenoxy) is 1. The van der Waals surface area contributed by atoms with Crippen LogP contribution < -0.4 is 5.32 Å². The van der Waals surface area contributed by atoms with Gasteiger partial charge in [0.2, 0.25) is 0 Å². The zero-order valence-electron chi connectivity index (χ0n) is 11.4. The van der Waals surface area contributed by atoms with Gasteiger partial charge in [0.15, 0.2) is 0 Å². The van der Waals surface area contributed by atoms with Gasteiger partial charge in [0, 0.05) is 10.4 Å². The quantitative estimate of drug-likeness (QED) is 0.860. The molecule has 1 saturated carbocycles. The molecule has 3 heteroatoms. The van der Waals surface area contributed by atoms with E-state index < -0.39 is 0 Å². The van der Waals surface area contributed by atoms with E-state index in [9.17, 15) is 0 Å². The zero-order chi connectivity index (χ0) is 13.3. The highest BCUT2D eigenvalue weighted by Gasteiger charge is 2.46. The number of benzene rings is 1. The third-order valence-electron chi connectivity index (χ3n) is 4.77. The number of hydrogen-bond acceptors (Lipinski definition) is 2. The smallest absolute Gasteiger partial charge is 0.0722 e. The molecule has 4 atom stereocenters. The molecule has 2 nitrogen and oxygen atoms in total. The van der Waals surface area contributed by atoms with Crippen molar-refractivity contribution in [2.75, 3.05) is 6.54 Å². The summed E-state index contributed by atoms with van der Waals surface area (Å²) in [6.45, 7) is 4.24. The first kappa shape index (κ1) is 13.6. The highest BCUT2D eigenvalue weighted by atomic mass is 79.9. The van der Waals surface area contributed by atoms with Crippen LogP contribution in [0.2, 0.25) is 0 Å². The van der Waals surface area contributed by atoms with Crippen molar-refractivity contribution in [1.82, 2.24) is 5.32 Å². The minimum atomic E-state index is 0.283. The van der Waals surface area contributed by atoms with Crippen molar-refractivity contribution in [1.29, 1.82) is 0 Å². The second-order valence-electron chi connectivity index (χ2n) is 6.12. The molecule has 0 radical (unpaired) electrons. The fourth-order valence-corrected chi connectivity index (χ4v) is 4.31. The number of alkyl halides is 1. The summed E-state index contributed by atoms with van der Waals surface area (Å²) in [4.78, 5) is 0.495. The minimum absolute atomic E-state index is 0.283. The van der Waals surface area contributed by atoms with Crippen LogP contribution >= 0.6 is 15.9 Å². The lowest BCUT2D eigenvalue weighted by molar-refractivity contribution is -0.0106. The molecule has 2 aliphatic rings. The largest absolute Gasteiger partial charge is 0.372 e. The molecule has 1 saturated heterocycles. The fourth-order valence-electron chi connectivity index (χ4n) is 3.52. The molecule has 1 N–H and O–H groups in total. The van der Waals surface area contributed by atoms with Crippen LogP contribution in [0.1, 0.15) is 31.7 Å². The molecule has 1 aliphatic heterocycles. The van der Waals surface area contributed by atoms with E-state index in [1.807, 2.05) is 6.07 Å². The van der Waals surface area contributed by atoms with Gasteiger partial charge in [-0.2, -0.15) is 0 Å². The first-order valence-corrected chi connectivity index (χ1v) is 8.13. The summed E-state index contributed by atoms with van der Waals surface area (Å²) in [5.41, 5.74) is 1.54. The van der Waals surface area contributed by atoms with E-state index in [1.54, 1.807) is 0 Å². The Labute approximate surface area is 124 Å². The molecular weight excluding hydrogens is 302 g/mol. The summed E-state index contributed by atoms with van der Waals surface area (Å²) >= 11 is 3.84. The first-order valence-electron chi connectivity index (χ1n) is 7.22. The van der Waals surface area contributed by atoms with Gasteiger partial charge >= 0.3 is 0 Å². The first-order chi connectivity index (χ1) is 9.17. The molecule has 0 spiro atoms. The Bertz CT molecular complexity index is 424. The fraction of sp³-hybridized carbons (Fsp3) is 0.625. The van der Waals surface area contributed by atoms with Gasteiger partial charge in [-0.25, -0.2) is 0 Å². The van der Waals surface area contributed by atoms with Crippen LogP contribution in [0.25, 0.3) is 0 Å². The van der Waals surface area contributed by atoms with Gasteiger partial charge in [0.25, 0.3) is 0 Å². The molecule has 4 unspecified atom stereocenters. The third-order valence-corrected chi connectivity index (χ3v) is 5.73. The molecular formula is C16H22BrNO. The number of rotatable bonds is 3. The van der Waals surface area contributed by atoms with E-state index in [1.165, 1.54) is 18.4 Å². The molecule has 1 heterocycles. The molecule has 104 valence electrons. The molecule has 1 aromatic rings. The van der Waals surface area contributed by atoms with E-state index in [-0.39, 0.29) is 5.54 Å². The van der Waals surface area contributed by atoms with Crippen molar-refractivity contribution >= 4 is 15.9 Å². The van der Waals surface area contributed by atoms with Gasteiger partial charge in [-0.1, -0.05) is 46.3 Å². The van der Waals surface area contributed by atoms with Gasteiger partial charge in [0.05, 0.1) is 12.7 Å². The lowest BCUT2D eigenvalue weighted by Gasteiger charge is -2.43. The Morgan fingerprint density at radius 3 is 2.95 bits per heavy atom. The van der Waals surface area contributed by atoms with E-state index in [0.29, 0.717) is 17.5 Å². The van der Waals surface area contributed by atoms with E-state index in [4.69, 9.17) is 4.74 Å². The lowest BCUT2D eigenvalue weighted by Crippen LogP contribution is -2.51. The molecule has 2 fully saturated rings. The maximum atomic E-state index is 6.17. The second-order valence-corrected chi connectivity index (χ2v) is 7.30. The molecule has 19 heavy (non-hydrogen) atoms. The van der Waals surface area contributed by atoms with E-state index in [0.717, 1.165) is 18.9 Å². The Kier molecular flexibility index (Phi) is 3.97. The SMILES string of the molecule is CC12CC(OCc3ccccc3)C(Br)CC1CCN2. The van der Waals surface area contributed by atoms with Crippen LogP contribution in [-0.2, 0) is 11.3 Å². The number of nitrogens with one attached hydrogen (secondary N) is 1. The second kappa shape index (κ2) is 5.55. The van der Waals surface area contributed by atoms with Gasteiger partial charge in [0.1, 0.15) is 0 Å². The highest BCUT2D eigenvalue weighted by molar-refractivity contribution is 9.09. The number of hydrogen-bond donors (Lipinski definition) is 1. The summed E-state index contributed by atoms with van der Waals surface area (Å²) in [7, 11) is 0. The Balaban J connectivity index is 1.61. The summed E-state index contributed by atoms with van der Waals surface area (Å²) in [6, 6.07) is 10.4. The minimum Gasteiger partial charge on any atom is -0.372 e. The lowest BCUT2D eigenvalue weighted by atomic mass is 9.74. The molecule has 3 rings (SSSR count). The van der Waals surface area contributed by atoms with E-state index >= 15 is 0 Å². The maximum absolute atomic E-state index is 6.17. The monoisotopic (exact) mass is 323 g/mol. The summed E-state index contributed by atoms with van der Waals surface area (Å²) in [6.07, 6.45) is 3.96. The van der Waals surface area contributed by atoms with Crippen molar-refractivity contribution in [2.45, 2.75) is 49.3 Å². The highest BCUT2D eigenvalue weighted by Crippen LogP contribution is 2.42.